The first kappa shape index (κ1) is 23.6. The molecule has 30 heavy (non-hydrogen) atoms. The number of fused-ring (bicyclic) bond motifs is 1. The van der Waals surface area contributed by atoms with Crippen molar-refractivity contribution in [1.29, 1.82) is 0 Å². The van der Waals surface area contributed by atoms with Crippen LogP contribution in [-0.2, 0) is 20.7 Å². The van der Waals surface area contributed by atoms with Crippen LogP contribution in [0.25, 0.3) is 0 Å². The molecule has 8 nitrogen and oxygen atoms in total. The monoisotopic (exact) mass is 426 g/mol. The molecule has 0 spiro atoms. The van der Waals surface area contributed by atoms with Crippen LogP contribution < -0.4 is 9.97 Å². The summed E-state index contributed by atoms with van der Waals surface area (Å²) in [6, 6.07) is 4.60. The van der Waals surface area contributed by atoms with Crippen molar-refractivity contribution in [3.63, 3.8) is 0 Å². The summed E-state index contributed by atoms with van der Waals surface area (Å²) in [7, 11) is -1.54. The maximum atomic E-state index is 13.0. The fourth-order valence-corrected chi connectivity index (χ4v) is 3.12. The summed E-state index contributed by atoms with van der Waals surface area (Å²) in [5.41, 5.74) is 0.502. The molecular weight excluding hydrogens is 401 g/mol. The van der Waals surface area contributed by atoms with Crippen molar-refractivity contribution in [3.05, 3.63) is 29.3 Å². The molecule has 0 bridgehead atoms. The Kier molecular flexibility index (Phi) is 7.77. The number of halogens is 2. The zero-order chi connectivity index (χ0) is 22.5. The second kappa shape index (κ2) is 9.88. The first-order valence-corrected chi connectivity index (χ1v) is 9.64. The lowest BCUT2D eigenvalue weighted by atomic mass is 9.72. The lowest BCUT2D eigenvalue weighted by Crippen LogP contribution is -2.53. The highest BCUT2D eigenvalue weighted by Gasteiger charge is 2.39. The number of alkyl halides is 2. The molecule has 2 amide bonds. The average Bonchev–Trinajstić information content (AvgIpc) is 2.65. The van der Waals surface area contributed by atoms with Crippen molar-refractivity contribution in [1.82, 2.24) is 10.2 Å². The highest BCUT2D eigenvalue weighted by molar-refractivity contribution is 6.47. The summed E-state index contributed by atoms with van der Waals surface area (Å²) in [6.45, 7) is 4.78. The number of carbonyl (C=O) groups is 3. The summed E-state index contributed by atoms with van der Waals surface area (Å²) in [6.07, 6.45) is -0.951. The minimum atomic E-state index is -3.18. The number of ether oxygens (including phenoxy) is 1. The number of nitrogens with one attached hydrogen (secondary N) is 1. The molecular formula is C19H25BF2N2O6. The van der Waals surface area contributed by atoms with Gasteiger partial charge in [-0.2, -0.15) is 0 Å². The fraction of sp³-hybridized carbons (Fsp3) is 0.526. The molecule has 0 radical (unpaired) electrons. The molecule has 11 heteroatoms. The molecule has 164 valence electrons. The number of amides is 2. The van der Waals surface area contributed by atoms with Gasteiger partial charge in [0, 0.05) is 13.1 Å². The fourth-order valence-electron chi connectivity index (χ4n) is 3.12. The van der Waals surface area contributed by atoms with Gasteiger partial charge in [-0.3, -0.25) is 9.59 Å². The summed E-state index contributed by atoms with van der Waals surface area (Å²) in [5, 5.41) is 12.5. The molecule has 0 saturated heterocycles. The van der Waals surface area contributed by atoms with Crippen LogP contribution in [0.3, 0.4) is 0 Å². The van der Waals surface area contributed by atoms with E-state index in [4.69, 9.17) is 9.39 Å². The number of esters is 1. The van der Waals surface area contributed by atoms with Crippen molar-refractivity contribution in [3.8, 4) is 5.75 Å². The number of para-hydroxylation sites is 1. The number of carbonyl (C=O) groups excluding carboxylic acids is 3. The maximum Gasteiger partial charge on any atom is 0.547 e. The molecule has 0 fully saturated rings. The third-order valence-corrected chi connectivity index (χ3v) is 4.60. The Hall–Kier alpha value is -2.69. The molecule has 0 saturated carbocycles. The smallest absolute Gasteiger partial charge is 0.534 e. The second-order valence-electron chi connectivity index (χ2n) is 7.07. The Morgan fingerprint density at radius 3 is 2.60 bits per heavy atom. The summed E-state index contributed by atoms with van der Waals surface area (Å²) >= 11 is 0. The minimum Gasteiger partial charge on any atom is -0.534 e. The largest absolute Gasteiger partial charge is 0.547 e. The molecule has 0 unspecified atom stereocenters. The van der Waals surface area contributed by atoms with Crippen LogP contribution in [0.4, 0.5) is 8.78 Å². The van der Waals surface area contributed by atoms with Gasteiger partial charge in [-0.05, 0) is 38.8 Å². The van der Waals surface area contributed by atoms with Gasteiger partial charge >= 0.3 is 13.1 Å². The van der Waals surface area contributed by atoms with Gasteiger partial charge in [0.05, 0.1) is 12.4 Å². The Balaban J connectivity index is 2.08. The third-order valence-electron chi connectivity index (χ3n) is 4.60. The van der Waals surface area contributed by atoms with Crippen LogP contribution in [0.15, 0.2) is 18.2 Å². The van der Waals surface area contributed by atoms with Crippen molar-refractivity contribution < 1.29 is 37.6 Å². The zero-order valence-electron chi connectivity index (χ0n) is 17.1. The van der Waals surface area contributed by atoms with Gasteiger partial charge in [0.15, 0.2) is 6.61 Å². The number of hydrogen-bond acceptors (Lipinski definition) is 6. The number of hydrogen-bond donors (Lipinski definition) is 2. The number of nitrogens with zero attached hydrogens (tertiary/aromatic N) is 1. The SMILES string of the molecule is CCN(CC)C(=O)COC(=O)c1cccc2c1OB(O)[C@@H](NC(=O)CC(C)(F)F)C2. The van der Waals surface area contributed by atoms with E-state index in [0.29, 0.717) is 25.6 Å². The van der Waals surface area contributed by atoms with Crippen molar-refractivity contribution in [2.24, 2.45) is 0 Å². The van der Waals surface area contributed by atoms with Crippen LogP contribution in [0.5, 0.6) is 5.75 Å². The van der Waals surface area contributed by atoms with E-state index in [2.05, 4.69) is 5.32 Å². The molecule has 1 aromatic rings. The zero-order valence-corrected chi connectivity index (χ0v) is 17.1. The van der Waals surface area contributed by atoms with Gasteiger partial charge in [-0.15, -0.1) is 0 Å². The topological polar surface area (TPSA) is 105 Å². The van der Waals surface area contributed by atoms with E-state index < -0.39 is 43.9 Å². The van der Waals surface area contributed by atoms with E-state index >= 15 is 0 Å². The molecule has 1 aliphatic heterocycles. The lowest BCUT2D eigenvalue weighted by molar-refractivity contribution is -0.134. The number of benzene rings is 1. The van der Waals surface area contributed by atoms with Gasteiger partial charge in [-0.1, -0.05) is 12.1 Å². The van der Waals surface area contributed by atoms with Gasteiger partial charge < -0.3 is 24.6 Å². The molecule has 1 atom stereocenters. The summed E-state index contributed by atoms with van der Waals surface area (Å²) < 4.78 is 36.5. The van der Waals surface area contributed by atoms with Crippen LogP contribution in [0.2, 0.25) is 0 Å². The van der Waals surface area contributed by atoms with E-state index in [1.165, 1.54) is 11.0 Å². The Labute approximate surface area is 173 Å². The van der Waals surface area contributed by atoms with E-state index in [0.717, 1.165) is 0 Å². The van der Waals surface area contributed by atoms with Gasteiger partial charge in [0.25, 0.3) is 11.8 Å². The Bertz CT molecular complexity index is 798. The molecule has 0 aromatic heterocycles. The van der Waals surface area contributed by atoms with E-state index in [-0.39, 0.29) is 23.6 Å². The van der Waals surface area contributed by atoms with Crippen molar-refractivity contribution in [2.75, 3.05) is 19.7 Å². The normalized spacial score (nSPS) is 15.7. The summed E-state index contributed by atoms with van der Waals surface area (Å²) in [5.74, 6) is -6.13. The van der Waals surface area contributed by atoms with Crippen molar-refractivity contribution >= 4 is 24.9 Å². The van der Waals surface area contributed by atoms with Crippen LogP contribution >= 0.6 is 0 Å². The first-order chi connectivity index (χ1) is 14.1. The van der Waals surface area contributed by atoms with E-state index in [9.17, 15) is 28.2 Å². The lowest BCUT2D eigenvalue weighted by Gasteiger charge is -2.29. The Morgan fingerprint density at radius 2 is 2.00 bits per heavy atom. The standard InChI is InChI=1S/C19H25BF2N2O6/c1-4-24(5-2)16(26)11-29-18(27)13-8-6-7-12-9-14(20(28)30-17(12)13)23-15(25)10-19(3,21)22/h6-8,14,28H,4-5,9-11H2,1-3H3,(H,23,25)/t14-/m0/s1. The molecule has 1 heterocycles. The van der Waals surface area contributed by atoms with Crippen LogP contribution in [0.1, 0.15) is 43.1 Å². The predicted molar refractivity (Wildman–Crippen MR) is 104 cm³/mol. The van der Waals surface area contributed by atoms with E-state index in [1.54, 1.807) is 12.1 Å². The van der Waals surface area contributed by atoms with Gasteiger partial charge in [0.2, 0.25) is 5.91 Å². The molecule has 2 N–H and O–H groups in total. The molecule has 1 aliphatic rings. The highest BCUT2D eigenvalue weighted by Crippen LogP contribution is 2.31. The summed E-state index contributed by atoms with van der Waals surface area (Å²) in [4.78, 5) is 37.7. The first-order valence-electron chi connectivity index (χ1n) is 9.64. The minimum absolute atomic E-state index is 0.0174. The predicted octanol–water partition coefficient (Wildman–Crippen LogP) is 1.20. The number of likely N-dealkylation sites (N-methyl/N-ethyl adjacent to an activating group) is 1. The van der Waals surface area contributed by atoms with E-state index in [1.807, 2.05) is 13.8 Å². The van der Waals surface area contributed by atoms with Crippen molar-refractivity contribution in [2.45, 2.75) is 45.5 Å². The second-order valence-corrected chi connectivity index (χ2v) is 7.07. The average molecular weight is 426 g/mol. The van der Waals surface area contributed by atoms with Crippen LogP contribution in [-0.4, -0.2) is 66.4 Å². The maximum absolute atomic E-state index is 13.0. The quantitative estimate of drug-likeness (QED) is 0.478. The van der Waals surface area contributed by atoms with Gasteiger partial charge in [-0.25, -0.2) is 13.6 Å². The number of rotatable bonds is 8. The molecule has 0 aliphatic carbocycles. The molecule has 2 rings (SSSR count). The third kappa shape index (κ3) is 6.15. The van der Waals surface area contributed by atoms with Gasteiger partial charge in [0.1, 0.15) is 11.3 Å². The Morgan fingerprint density at radius 1 is 1.33 bits per heavy atom. The van der Waals surface area contributed by atoms with Crippen LogP contribution in [0, 0.1) is 0 Å². The molecule has 1 aromatic carbocycles. The highest BCUT2D eigenvalue weighted by atomic mass is 19.3.